The van der Waals surface area contributed by atoms with E-state index in [0.29, 0.717) is 25.4 Å². The van der Waals surface area contributed by atoms with Crippen LogP contribution in [0.5, 0.6) is 34.5 Å². The molecule has 2 atom stereocenters. The molecule has 0 radical (unpaired) electrons. The van der Waals surface area contributed by atoms with Crippen LogP contribution in [0.25, 0.3) is 11.1 Å². The first kappa shape index (κ1) is 28.3. The number of nitrogens with one attached hydrogen (secondary N) is 2. The van der Waals surface area contributed by atoms with Gasteiger partial charge < -0.3 is 44.3 Å². The number of methoxy groups -OCH3 is 2. The summed E-state index contributed by atoms with van der Waals surface area (Å²) >= 11 is 0. The van der Waals surface area contributed by atoms with Crippen LogP contribution in [-0.2, 0) is 19.4 Å². The van der Waals surface area contributed by atoms with E-state index < -0.39 is 12.0 Å². The molecule has 10 nitrogen and oxygen atoms in total. The normalized spacial score (nSPS) is 17.8. The van der Waals surface area contributed by atoms with Crippen molar-refractivity contribution in [3.63, 3.8) is 0 Å². The van der Waals surface area contributed by atoms with Gasteiger partial charge in [0.15, 0.2) is 11.5 Å². The fourth-order valence-corrected chi connectivity index (χ4v) is 6.36. The lowest BCUT2D eigenvalue weighted by atomic mass is 9.74. The fourth-order valence-electron chi connectivity index (χ4n) is 6.36. The van der Waals surface area contributed by atoms with Crippen molar-refractivity contribution in [2.45, 2.75) is 44.8 Å². The summed E-state index contributed by atoms with van der Waals surface area (Å²) in [5.74, 6) is 2.18. The summed E-state index contributed by atoms with van der Waals surface area (Å²) in [6, 6.07) is 7.41. The maximum atomic E-state index is 12.0. The van der Waals surface area contributed by atoms with Crippen LogP contribution in [0.1, 0.15) is 53.2 Å². The summed E-state index contributed by atoms with van der Waals surface area (Å²) in [5.41, 5.74) is 7.92. The van der Waals surface area contributed by atoms with Crippen LogP contribution >= 0.6 is 0 Å². The third kappa shape index (κ3) is 4.73. The Hall–Kier alpha value is -3.86. The third-order valence-corrected chi connectivity index (χ3v) is 8.39. The van der Waals surface area contributed by atoms with Crippen LogP contribution < -0.4 is 34.3 Å². The number of phenols is 1. The second-order valence-electron chi connectivity index (χ2n) is 10.7. The topological polar surface area (TPSA) is 131 Å². The highest BCUT2D eigenvalue weighted by atomic mass is 16.5. The van der Waals surface area contributed by atoms with Crippen molar-refractivity contribution in [2.75, 3.05) is 52.6 Å². The largest absolute Gasteiger partial charge is 0.502 e. The quantitative estimate of drug-likeness (QED) is 0.168. The van der Waals surface area contributed by atoms with E-state index in [1.54, 1.807) is 19.2 Å². The van der Waals surface area contributed by atoms with E-state index in [4.69, 9.17) is 28.8 Å². The molecule has 10 heteroatoms. The Morgan fingerprint density at radius 1 is 0.952 bits per heavy atom. The van der Waals surface area contributed by atoms with Gasteiger partial charge in [-0.3, -0.25) is 5.32 Å². The zero-order chi connectivity index (χ0) is 29.4. The van der Waals surface area contributed by atoms with Gasteiger partial charge in [-0.25, -0.2) is 0 Å². The minimum absolute atomic E-state index is 0.0224. The molecule has 1 aliphatic carbocycles. The molecular weight excluding hydrogens is 540 g/mol. The van der Waals surface area contributed by atoms with Gasteiger partial charge in [0.2, 0.25) is 5.75 Å². The lowest BCUT2D eigenvalue weighted by Gasteiger charge is -2.38. The Labute approximate surface area is 245 Å². The molecule has 224 valence electrons. The van der Waals surface area contributed by atoms with Crippen LogP contribution in [0.15, 0.2) is 24.3 Å². The molecule has 0 aromatic heterocycles. The minimum Gasteiger partial charge on any atom is -0.502 e. The average molecular weight is 579 g/mol. The van der Waals surface area contributed by atoms with E-state index in [-0.39, 0.29) is 37.1 Å². The van der Waals surface area contributed by atoms with Crippen LogP contribution in [0.2, 0.25) is 0 Å². The van der Waals surface area contributed by atoms with Gasteiger partial charge in [-0.05, 0) is 48.2 Å². The van der Waals surface area contributed by atoms with E-state index in [2.05, 4.69) is 10.6 Å². The second kappa shape index (κ2) is 11.8. The molecule has 0 unspecified atom stereocenters. The Morgan fingerprint density at radius 2 is 1.74 bits per heavy atom. The highest BCUT2D eigenvalue weighted by Gasteiger charge is 2.39. The Balaban J connectivity index is 1.43. The van der Waals surface area contributed by atoms with Crippen molar-refractivity contribution in [1.82, 2.24) is 5.32 Å². The molecule has 2 aliphatic heterocycles. The lowest BCUT2D eigenvalue weighted by Crippen LogP contribution is -2.28. The van der Waals surface area contributed by atoms with Crippen LogP contribution in [0.4, 0.5) is 5.69 Å². The highest BCUT2D eigenvalue weighted by molar-refractivity contribution is 5.93. The number of aromatic hydroxyl groups is 1. The summed E-state index contributed by atoms with van der Waals surface area (Å²) in [6.07, 6.45) is 1.04. The Bertz CT molecular complexity index is 1490. The van der Waals surface area contributed by atoms with Gasteiger partial charge in [-0.15, -0.1) is 0 Å². The van der Waals surface area contributed by atoms with Gasteiger partial charge in [0.05, 0.1) is 33.5 Å². The predicted molar refractivity (Wildman–Crippen MR) is 157 cm³/mol. The first-order valence-corrected chi connectivity index (χ1v) is 14.5. The van der Waals surface area contributed by atoms with E-state index in [1.165, 1.54) is 7.11 Å². The number of aliphatic hydroxyl groups excluding tert-OH is 2. The molecule has 5 N–H and O–H groups in total. The number of rotatable bonds is 11. The predicted octanol–water partition coefficient (Wildman–Crippen LogP) is 4.02. The summed E-state index contributed by atoms with van der Waals surface area (Å²) in [5, 5.41) is 38.5. The van der Waals surface area contributed by atoms with Gasteiger partial charge in [-0.1, -0.05) is 6.92 Å². The van der Waals surface area contributed by atoms with Gasteiger partial charge in [0.1, 0.15) is 24.0 Å². The first-order chi connectivity index (χ1) is 20.5. The number of fused-ring (bicyclic) bond motifs is 2. The number of benzene rings is 3. The van der Waals surface area contributed by atoms with Gasteiger partial charge in [0, 0.05) is 65.6 Å². The number of hydrogen-bond acceptors (Lipinski definition) is 10. The van der Waals surface area contributed by atoms with Gasteiger partial charge in [0.25, 0.3) is 0 Å². The molecule has 2 heterocycles. The van der Waals surface area contributed by atoms with Crippen LogP contribution in [0, 0.1) is 0 Å². The molecule has 3 aromatic rings. The van der Waals surface area contributed by atoms with E-state index in [1.807, 2.05) is 19.1 Å². The molecule has 42 heavy (non-hydrogen) atoms. The molecule has 0 saturated carbocycles. The minimum atomic E-state index is -0.865. The molecule has 3 aliphatic rings. The number of anilines is 1. The summed E-state index contributed by atoms with van der Waals surface area (Å²) in [6.45, 7) is 4.30. The van der Waals surface area contributed by atoms with E-state index >= 15 is 0 Å². The van der Waals surface area contributed by atoms with Gasteiger partial charge in [-0.2, -0.15) is 0 Å². The zero-order valence-electron chi connectivity index (χ0n) is 24.2. The molecule has 0 spiro atoms. The monoisotopic (exact) mass is 578 g/mol. The fraction of sp³-hybridized carbons (Fsp3) is 0.438. The molecular formula is C32H38N2O8. The maximum absolute atomic E-state index is 12.0. The van der Waals surface area contributed by atoms with E-state index in [9.17, 15) is 10.2 Å². The van der Waals surface area contributed by atoms with Crippen LogP contribution in [0.3, 0.4) is 0 Å². The number of phenolic OH excluding ortho intramolecular Hbond substituents is 1. The van der Waals surface area contributed by atoms with Gasteiger partial charge >= 0.3 is 0 Å². The summed E-state index contributed by atoms with van der Waals surface area (Å²) < 4.78 is 29.5. The van der Waals surface area contributed by atoms with Crippen molar-refractivity contribution in [1.29, 1.82) is 0 Å². The summed E-state index contributed by atoms with van der Waals surface area (Å²) in [7, 11) is 3.16. The molecule has 0 amide bonds. The molecule has 3 aromatic carbocycles. The van der Waals surface area contributed by atoms with Crippen molar-refractivity contribution in [2.24, 2.45) is 0 Å². The van der Waals surface area contributed by atoms with Crippen molar-refractivity contribution < 1.29 is 39.0 Å². The second-order valence-corrected chi connectivity index (χ2v) is 10.7. The van der Waals surface area contributed by atoms with Crippen LogP contribution in [-0.4, -0.2) is 62.6 Å². The number of aliphatic hydroxyl groups is 2. The Kier molecular flexibility index (Phi) is 7.94. The average Bonchev–Trinajstić information content (AvgIpc) is 3.01. The molecule has 6 rings (SSSR count). The summed E-state index contributed by atoms with van der Waals surface area (Å²) in [4.78, 5) is 0. The number of ether oxygens (including phenoxy) is 5. The third-order valence-electron chi connectivity index (χ3n) is 8.39. The van der Waals surface area contributed by atoms with Crippen molar-refractivity contribution in [3.05, 3.63) is 52.1 Å². The van der Waals surface area contributed by atoms with Crippen molar-refractivity contribution >= 4 is 5.69 Å². The number of hydrogen-bond donors (Lipinski definition) is 5. The first-order valence-electron chi connectivity index (χ1n) is 14.5. The maximum Gasteiger partial charge on any atom is 0.200 e. The molecule has 0 fully saturated rings. The lowest BCUT2D eigenvalue weighted by molar-refractivity contribution is 0.0878. The Morgan fingerprint density at radius 3 is 2.50 bits per heavy atom. The highest BCUT2D eigenvalue weighted by Crippen LogP contribution is 2.56. The standard InChI is InChI=1S/C32H38N2O8/c1-4-33-16-42-24-13-23(38-2)18-6-7-19-29-22(34-14-20(24)28(18)29)12-25-30(19)31(36)21(15-41-25)17-10-26(39-3)32(37)27(11-17)40-9-5-8-35/h10-13,21,31,33-37H,4-9,14-16H2,1-3H3/t21-,31-/m0/s1. The van der Waals surface area contributed by atoms with Crippen molar-refractivity contribution in [3.8, 4) is 45.6 Å². The molecule has 0 saturated heterocycles. The SMILES string of the molecule is CCNCOc1cc(OC)c2c3c1CNc1cc4c(c(c1-3)CC2)[C@@H](O)[C@H](c1cc(OC)c(O)c(OCCCO)c1)CO4. The molecule has 0 bridgehead atoms. The smallest absolute Gasteiger partial charge is 0.200 e. The van der Waals surface area contributed by atoms with E-state index in [0.717, 1.165) is 75.5 Å². The zero-order valence-corrected chi connectivity index (χ0v) is 24.2.